The van der Waals surface area contributed by atoms with Gasteiger partial charge in [-0.25, -0.2) is 0 Å². The van der Waals surface area contributed by atoms with Gasteiger partial charge < -0.3 is 14.4 Å². The molecule has 14 heavy (non-hydrogen) atoms. The number of nitrogens with one attached hydrogen (secondary N) is 1. The SMILES string of the molecule is CCOC(C[NH+]1CCCCC1)OCC. The molecule has 0 saturated carbocycles. The predicted molar refractivity (Wildman–Crippen MR) is 56.5 cm³/mol. The molecule has 1 aliphatic heterocycles. The van der Waals surface area contributed by atoms with Crippen LogP contribution in [-0.4, -0.2) is 39.1 Å². The average molecular weight is 202 g/mol. The van der Waals surface area contributed by atoms with Gasteiger partial charge in [0, 0.05) is 13.2 Å². The van der Waals surface area contributed by atoms with Crippen molar-refractivity contribution >= 4 is 0 Å². The van der Waals surface area contributed by atoms with E-state index in [1.165, 1.54) is 32.4 Å². The Kier molecular flexibility index (Phi) is 6.15. The van der Waals surface area contributed by atoms with Gasteiger partial charge in [-0.15, -0.1) is 0 Å². The lowest BCUT2D eigenvalue weighted by Gasteiger charge is -2.27. The van der Waals surface area contributed by atoms with Crippen molar-refractivity contribution in [3.63, 3.8) is 0 Å². The lowest BCUT2D eigenvalue weighted by Crippen LogP contribution is -3.14. The Bertz CT molecular complexity index is 129. The van der Waals surface area contributed by atoms with Crippen LogP contribution in [0.15, 0.2) is 0 Å². The van der Waals surface area contributed by atoms with E-state index in [0.717, 1.165) is 19.8 Å². The second kappa shape index (κ2) is 7.21. The van der Waals surface area contributed by atoms with Gasteiger partial charge in [0.15, 0.2) is 0 Å². The molecule has 1 heterocycles. The number of hydrogen-bond acceptors (Lipinski definition) is 2. The molecule has 3 heteroatoms. The summed E-state index contributed by atoms with van der Waals surface area (Å²) in [7, 11) is 0. The molecule has 1 saturated heterocycles. The zero-order valence-corrected chi connectivity index (χ0v) is 9.55. The third-order valence-electron chi connectivity index (χ3n) is 2.72. The summed E-state index contributed by atoms with van der Waals surface area (Å²) in [4.78, 5) is 1.64. The summed E-state index contributed by atoms with van der Waals surface area (Å²) in [5.41, 5.74) is 0. The Morgan fingerprint density at radius 1 is 1.00 bits per heavy atom. The molecule has 0 aliphatic carbocycles. The van der Waals surface area contributed by atoms with Crippen LogP contribution in [0.2, 0.25) is 0 Å². The fourth-order valence-electron chi connectivity index (χ4n) is 2.03. The van der Waals surface area contributed by atoms with E-state index in [-0.39, 0.29) is 6.29 Å². The highest BCUT2D eigenvalue weighted by atomic mass is 16.7. The van der Waals surface area contributed by atoms with Crippen LogP contribution >= 0.6 is 0 Å². The fraction of sp³-hybridized carbons (Fsp3) is 1.00. The van der Waals surface area contributed by atoms with E-state index >= 15 is 0 Å². The first-order valence-electron chi connectivity index (χ1n) is 5.93. The number of quaternary nitrogens is 1. The number of hydrogen-bond donors (Lipinski definition) is 1. The van der Waals surface area contributed by atoms with E-state index in [4.69, 9.17) is 9.47 Å². The molecule has 0 aromatic heterocycles. The van der Waals surface area contributed by atoms with Crippen molar-refractivity contribution in [1.82, 2.24) is 0 Å². The van der Waals surface area contributed by atoms with E-state index in [2.05, 4.69) is 0 Å². The second-order valence-electron chi connectivity index (χ2n) is 3.86. The summed E-state index contributed by atoms with van der Waals surface area (Å²) in [6, 6.07) is 0. The average Bonchev–Trinajstić information content (AvgIpc) is 2.20. The summed E-state index contributed by atoms with van der Waals surface area (Å²) in [5, 5.41) is 0. The summed E-state index contributed by atoms with van der Waals surface area (Å²) < 4.78 is 11.1. The second-order valence-corrected chi connectivity index (χ2v) is 3.86. The van der Waals surface area contributed by atoms with E-state index in [9.17, 15) is 0 Å². The van der Waals surface area contributed by atoms with Gasteiger partial charge in [0.1, 0.15) is 6.54 Å². The van der Waals surface area contributed by atoms with Crippen molar-refractivity contribution in [2.24, 2.45) is 0 Å². The van der Waals surface area contributed by atoms with Gasteiger partial charge >= 0.3 is 0 Å². The van der Waals surface area contributed by atoms with Gasteiger partial charge in [0.25, 0.3) is 0 Å². The number of piperidine rings is 1. The number of rotatable bonds is 6. The maximum atomic E-state index is 5.54. The summed E-state index contributed by atoms with van der Waals surface area (Å²) in [5.74, 6) is 0. The summed E-state index contributed by atoms with van der Waals surface area (Å²) in [6.45, 7) is 9.14. The van der Waals surface area contributed by atoms with Crippen LogP contribution in [0, 0.1) is 0 Å². The first-order valence-corrected chi connectivity index (χ1v) is 5.93. The quantitative estimate of drug-likeness (QED) is 0.632. The molecule has 1 aliphatic rings. The van der Waals surface area contributed by atoms with Crippen LogP contribution in [0.5, 0.6) is 0 Å². The Hall–Kier alpha value is -0.120. The Labute approximate surface area is 87.4 Å². The zero-order valence-electron chi connectivity index (χ0n) is 9.55. The largest absolute Gasteiger partial charge is 0.348 e. The lowest BCUT2D eigenvalue weighted by molar-refractivity contribution is -0.910. The van der Waals surface area contributed by atoms with Crippen LogP contribution < -0.4 is 4.90 Å². The van der Waals surface area contributed by atoms with Crippen molar-refractivity contribution in [3.8, 4) is 0 Å². The molecule has 0 atom stereocenters. The van der Waals surface area contributed by atoms with Gasteiger partial charge in [-0.3, -0.25) is 0 Å². The van der Waals surface area contributed by atoms with Gasteiger partial charge in [-0.05, 0) is 33.1 Å². The highest BCUT2D eigenvalue weighted by molar-refractivity contribution is 4.48. The molecule has 0 amide bonds. The fourth-order valence-corrected chi connectivity index (χ4v) is 2.03. The van der Waals surface area contributed by atoms with Crippen molar-refractivity contribution < 1.29 is 14.4 Å². The van der Waals surface area contributed by atoms with Crippen LogP contribution in [-0.2, 0) is 9.47 Å². The van der Waals surface area contributed by atoms with E-state index < -0.39 is 0 Å². The highest BCUT2D eigenvalue weighted by Crippen LogP contribution is 1.97. The van der Waals surface area contributed by atoms with Crippen molar-refractivity contribution in [2.45, 2.75) is 39.4 Å². The Morgan fingerprint density at radius 2 is 1.57 bits per heavy atom. The molecule has 0 aromatic rings. The van der Waals surface area contributed by atoms with Crippen LogP contribution in [0.1, 0.15) is 33.1 Å². The van der Waals surface area contributed by atoms with Crippen LogP contribution in [0.25, 0.3) is 0 Å². The van der Waals surface area contributed by atoms with Crippen molar-refractivity contribution in [2.75, 3.05) is 32.8 Å². The summed E-state index contributed by atoms with van der Waals surface area (Å²) >= 11 is 0. The van der Waals surface area contributed by atoms with Crippen molar-refractivity contribution in [3.05, 3.63) is 0 Å². The van der Waals surface area contributed by atoms with Gasteiger partial charge in [-0.1, -0.05) is 0 Å². The van der Waals surface area contributed by atoms with E-state index in [0.29, 0.717) is 0 Å². The third-order valence-corrected chi connectivity index (χ3v) is 2.72. The topological polar surface area (TPSA) is 22.9 Å². The minimum Gasteiger partial charge on any atom is -0.348 e. The smallest absolute Gasteiger partial charge is 0.207 e. The molecular weight excluding hydrogens is 178 g/mol. The monoisotopic (exact) mass is 202 g/mol. The molecular formula is C11H24NO2+. The highest BCUT2D eigenvalue weighted by Gasteiger charge is 2.19. The number of likely N-dealkylation sites (tertiary alicyclic amines) is 1. The number of ether oxygens (including phenoxy) is 2. The van der Waals surface area contributed by atoms with E-state index in [1.54, 1.807) is 4.90 Å². The zero-order chi connectivity index (χ0) is 10.2. The normalized spacial score (nSPS) is 19.1. The standard InChI is InChI=1S/C11H23NO2/c1-3-13-11(14-4-2)10-12-8-6-5-7-9-12/h11H,3-10H2,1-2H3/p+1. The molecule has 1 N–H and O–H groups in total. The molecule has 84 valence electrons. The maximum absolute atomic E-state index is 5.54. The van der Waals surface area contributed by atoms with E-state index in [1.807, 2.05) is 13.8 Å². The lowest BCUT2D eigenvalue weighted by atomic mass is 10.1. The van der Waals surface area contributed by atoms with Gasteiger partial charge in [0.05, 0.1) is 13.1 Å². The van der Waals surface area contributed by atoms with Gasteiger partial charge in [-0.2, -0.15) is 0 Å². The van der Waals surface area contributed by atoms with Crippen molar-refractivity contribution in [1.29, 1.82) is 0 Å². The predicted octanol–water partition coefficient (Wildman–Crippen LogP) is 0.454. The molecule has 0 bridgehead atoms. The van der Waals surface area contributed by atoms with Gasteiger partial charge in [0.2, 0.25) is 6.29 Å². The first-order chi connectivity index (χ1) is 6.86. The molecule has 0 unspecified atom stereocenters. The molecule has 0 radical (unpaired) electrons. The molecule has 1 rings (SSSR count). The van der Waals surface area contributed by atoms with Crippen LogP contribution in [0.4, 0.5) is 0 Å². The molecule has 1 fully saturated rings. The van der Waals surface area contributed by atoms with Crippen LogP contribution in [0.3, 0.4) is 0 Å². The molecule has 3 nitrogen and oxygen atoms in total. The summed E-state index contributed by atoms with van der Waals surface area (Å²) in [6.07, 6.45) is 4.14. The molecule has 0 spiro atoms. The third kappa shape index (κ3) is 4.40. The Balaban J connectivity index is 2.21. The first kappa shape index (κ1) is 12.0. The maximum Gasteiger partial charge on any atom is 0.207 e. The minimum atomic E-state index is 0.0121. The Morgan fingerprint density at radius 3 is 2.07 bits per heavy atom. The minimum absolute atomic E-state index is 0.0121. The molecule has 0 aromatic carbocycles.